The van der Waals surface area contributed by atoms with E-state index in [4.69, 9.17) is 4.74 Å². The summed E-state index contributed by atoms with van der Waals surface area (Å²) in [5.41, 5.74) is 0.637. The molecule has 1 aromatic carbocycles. The number of aromatic nitrogens is 2. The maximum absolute atomic E-state index is 11.1. The topological polar surface area (TPSA) is 62.2 Å². The summed E-state index contributed by atoms with van der Waals surface area (Å²) >= 11 is 3.09. The quantitative estimate of drug-likeness (QED) is 0.758. The third kappa shape index (κ3) is 1.68. The molecule has 0 saturated carbocycles. The predicted molar refractivity (Wildman–Crippen MR) is 51.7 cm³/mol. The van der Waals surface area contributed by atoms with Gasteiger partial charge in [-0.3, -0.25) is 0 Å². The summed E-state index contributed by atoms with van der Waals surface area (Å²) in [6.07, 6.45) is 0. The molecular formula is C9H7BrN2O3. The van der Waals surface area contributed by atoms with Gasteiger partial charge in [-0.05, 0) is 10.7 Å². The summed E-state index contributed by atoms with van der Waals surface area (Å²) in [4.78, 5) is 0. The maximum Gasteiger partial charge on any atom is 0.305 e. The van der Waals surface area contributed by atoms with Crippen molar-refractivity contribution in [1.29, 1.82) is 0 Å². The fraction of sp³-hybridized carbons (Fsp3) is 0.111. The molecule has 6 heteroatoms. The van der Waals surface area contributed by atoms with Crippen molar-refractivity contribution in [3.05, 3.63) is 28.9 Å². The number of methoxy groups -OCH3 is 1. The highest BCUT2D eigenvalue weighted by atomic mass is 79.9. The minimum atomic E-state index is -0.527. The largest absolute Gasteiger partial charge is 0.538 e. The van der Waals surface area contributed by atoms with E-state index in [0.717, 1.165) is 0 Å². The van der Waals surface area contributed by atoms with Crippen LogP contribution in [0.4, 0.5) is 0 Å². The van der Waals surface area contributed by atoms with E-state index in [1.165, 1.54) is 4.68 Å². The van der Waals surface area contributed by atoms with Gasteiger partial charge >= 0.3 is 4.60 Å². The first kappa shape index (κ1) is 9.97. The van der Waals surface area contributed by atoms with Crippen molar-refractivity contribution in [2.24, 2.45) is 0 Å². The lowest BCUT2D eigenvalue weighted by Gasteiger charge is -1.99. The Hall–Kier alpha value is -1.56. The Kier molecular flexibility index (Phi) is 2.59. The second-order valence-corrected chi connectivity index (χ2v) is 3.49. The third-order valence-electron chi connectivity index (χ3n) is 1.87. The summed E-state index contributed by atoms with van der Waals surface area (Å²) in [6.45, 7) is 0. The molecule has 2 rings (SSSR count). The smallest absolute Gasteiger partial charge is 0.305 e. The molecular weight excluding hydrogens is 264 g/mol. The molecule has 0 unspecified atom stereocenters. The van der Waals surface area contributed by atoms with Crippen LogP contribution in [0.15, 0.2) is 33.4 Å². The van der Waals surface area contributed by atoms with Gasteiger partial charge in [-0.2, -0.15) is 0 Å². The van der Waals surface area contributed by atoms with Crippen LogP contribution in [0.5, 0.6) is 11.7 Å². The van der Waals surface area contributed by atoms with Crippen LogP contribution in [-0.2, 0) is 0 Å². The van der Waals surface area contributed by atoms with Crippen LogP contribution in [0.25, 0.3) is 5.69 Å². The van der Waals surface area contributed by atoms with Gasteiger partial charge in [-0.25, -0.2) is 0 Å². The zero-order valence-corrected chi connectivity index (χ0v) is 9.39. The van der Waals surface area contributed by atoms with E-state index in [9.17, 15) is 5.11 Å². The minimum absolute atomic E-state index is 0.229. The Morgan fingerprint density at radius 3 is 2.80 bits per heavy atom. The molecule has 0 atom stereocenters. The molecule has 1 aromatic heterocycles. The molecule has 5 nitrogen and oxygen atoms in total. The van der Waals surface area contributed by atoms with Crippen molar-refractivity contribution in [2.45, 2.75) is 0 Å². The number of halogens is 1. The molecule has 2 aromatic rings. The molecule has 78 valence electrons. The van der Waals surface area contributed by atoms with Gasteiger partial charge in [0, 0.05) is 22.0 Å². The lowest BCUT2D eigenvalue weighted by Crippen LogP contribution is -2.34. The van der Waals surface area contributed by atoms with Gasteiger partial charge in [0.1, 0.15) is 0 Å². The lowest BCUT2D eigenvalue weighted by molar-refractivity contribution is -0.681. The Balaban J connectivity index is 2.58. The van der Waals surface area contributed by atoms with Crippen molar-refractivity contribution >= 4 is 15.9 Å². The highest BCUT2D eigenvalue weighted by Crippen LogP contribution is 2.21. The zero-order valence-electron chi connectivity index (χ0n) is 7.81. The number of hydrogen-bond acceptors (Lipinski definition) is 4. The zero-order chi connectivity index (χ0) is 10.8. The Morgan fingerprint density at radius 1 is 1.47 bits per heavy atom. The Labute approximate surface area is 94.0 Å². The summed E-state index contributed by atoms with van der Waals surface area (Å²) in [5.74, 6) is 0.0809. The summed E-state index contributed by atoms with van der Waals surface area (Å²) in [6, 6.07) is 7.19. The molecule has 0 bridgehead atoms. The van der Waals surface area contributed by atoms with Gasteiger partial charge in [-0.15, -0.1) is 0 Å². The second-order valence-electron chi connectivity index (χ2n) is 2.73. The molecule has 15 heavy (non-hydrogen) atoms. The molecule has 0 N–H and O–H groups in total. The van der Waals surface area contributed by atoms with Gasteiger partial charge in [0.2, 0.25) is 0 Å². The first-order valence-electron chi connectivity index (χ1n) is 4.12. The highest BCUT2D eigenvalue weighted by Gasteiger charge is 2.21. The van der Waals surface area contributed by atoms with Crippen LogP contribution in [0.3, 0.4) is 0 Å². The molecule has 0 saturated heterocycles. The second kappa shape index (κ2) is 3.90. The average molecular weight is 271 g/mol. The van der Waals surface area contributed by atoms with Crippen LogP contribution in [0.1, 0.15) is 0 Å². The Morgan fingerprint density at radius 2 is 2.20 bits per heavy atom. The van der Waals surface area contributed by atoms with Crippen molar-refractivity contribution in [3.63, 3.8) is 0 Å². The van der Waals surface area contributed by atoms with Crippen LogP contribution >= 0.6 is 15.9 Å². The van der Waals surface area contributed by atoms with Gasteiger partial charge in [0.25, 0.3) is 5.69 Å². The highest BCUT2D eigenvalue weighted by molar-refractivity contribution is 9.10. The summed E-state index contributed by atoms with van der Waals surface area (Å²) < 4.78 is 11.2. The lowest BCUT2D eigenvalue weighted by atomic mass is 10.3. The van der Waals surface area contributed by atoms with E-state index >= 15 is 0 Å². The molecule has 0 fully saturated rings. The first-order chi connectivity index (χ1) is 7.24. The van der Waals surface area contributed by atoms with Crippen LogP contribution in [0, 0.1) is 0 Å². The number of benzene rings is 1. The molecule has 0 aliphatic heterocycles. The Bertz CT molecular complexity index is 484. The van der Waals surface area contributed by atoms with Crippen LogP contribution < -0.4 is 14.5 Å². The van der Waals surface area contributed by atoms with Crippen LogP contribution in [-0.4, -0.2) is 12.4 Å². The van der Waals surface area contributed by atoms with Crippen molar-refractivity contribution in [2.75, 3.05) is 7.11 Å². The van der Waals surface area contributed by atoms with Gasteiger partial charge < -0.3 is 14.4 Å². The fourth-order valence-corrected chi connectivity index (χ4v) is 1.52. The van der Waals surface area contributed by atoms with Crippen molar-refractivity contribution in [1.82, 2.24) is 5.27 Å². The fourth-order valence-electron chi connectivity index (χ4n) is 1.19. The SMILES string of the molecule is COc1ccccc1-[n+]1noc([O-])c1Br. The summed E-state index contributed by atoms with van der Waals surface area (Å²) in [7, 11) is 1.55. The van der Waals surface area contributed by atoms with E-state index in [1.54, 1.807) is 19.2 Å². The molecule has 0 spiro atoms. The van der Waals surface area contributed by atoms with Gasteiger partial charge in [-0.1, -0.05) is 12.1 Å². The van der Waals surface area contributed by atoms with E-state index in [2.05, 4.69) is 25.7 Å². The predicted octanol–water partition coefficient (Wildman–Crippen LogP) is 0.796. The van der Waals surface area contributed by atoms with E-state index in [-0.39, 0.29) is 4.60 Å². The standard InChI is InChI=1S/C9H7BrN2O3/c1-14-7-5-3-2-4-6(7)12-8(10)9(13)15-11-12/h2-5H,1H3. The number of nitrogens with zero attached hydrogens (tertiary/aromatic N) is 2. The van der Waals surface area contributed by atoms with Crippen LogP contribution in [0.2, 0.25) is 0 Å². The minimum Gasteiger partial charge on any atom is -0.538 e. The number of hydrogen-bond donors (Lipinski definition) is 0. The van der Waals surface area contributed by atoms with Gasteiger partial charge in [0.15, 0.2) is 11.7 Å². The molecule has 1 heterocycles. The summed E-state index contributed by atoms with van der Waals surface area (Å²) in [5, 5.41) is 14.7. The van der Waals surface area contributed by atoms with E-state index in [0.29, 0.717) is 11.4 Å². The number of ether oxygens (including phenoxy) is 1. The molecule has 0 amide bonds. The number of rotatable bonds is 2. The van der Waals surface area contributed by atoms with Crippen molar-refractivity contribution < 1.29 is 19.0 Å². The average Bonchev–Trinajstić information content (AvgIpc) is 2.60. The molecule has 0 aliphatic rings. The molecule has 0 aliphatic carbocycles. The monoisotopic (exact) mass is 270 g/mol. The van der Waals surface area contributed by atoms with Gasteiger partial charge in [0.05, 0.1) is 12.4 Å². The third-order valence-corrected chi connectivity index (χ3v) is 2.53. The van der Waals surface area contributed by atoms with E-state index < -0.39 is 5.95 Å². The molecule has 0 radical (unpaired) electrons. The number of para-hydroxylation sites is 2. The van der Waals surface area contributed by atoms with E-state index in [1.807, 2.05) is 12.1 Å². The van der Waals surface area contributed by atoms with Crippen molar-refractivity contribution in [3.8, 4) is 17.4 Å². The maximum atomic E-state index is 11.1. The first-order valence-corrected chi connectivity index (χ1v) is 4.91. The normalized spacial score (nSPS) is 10.3.